The number of rotatable bonds is 17. The molecule has 0 aromatic heterocycles. The summed E-state index contributed by atoms with van der Waals surface area (Å²) in [6, 6.07) is -0.237. The summed E-state index contributed by atoms with van der Waals surface area (Å²) >= 11 is 0. The minimum absolute atomic E-state index is 0.000905. The van der Waals surface area contributed by atoms with E-state index in [2.05, 4.69) is 37.2 Å². The van der Waals surface area contributed by atoms with E-state index in [1.165, 1.54) is 0 Å². The van der Waals surface area contributed by atoms with Crippen LogP contribution in [0, 0.1) is 0 Å². The van der Waals surface area contributed by atoms with Gasteiger partial charge in [-0.1, -0.05) is 0 Å². The van der Waals surface area contributed by atoms with E-state index < -0.39 is 0 Å². The van der Waals surface area contributed by atoms with Crippen LogP contribution in [0.3, 0.4) is 0 Å². The number of hydrogen-bond donors (Lipinski definition) is 7. The fraction of sp³-hybridized carbons (Fsp3) is 0.889. The van der Waals surface area contributed by atoms with Gasteiger partial charge in [-0.2, -0.15) is 0 Å². The molecule has 0 radical (unpaired) electrons. The predicted molar refractivity (Wildman–Crippen MR) is 111 cm³/mol. The lowest BCUT2D eigenvalue weighted by atomic mass is 10.1. The van der Waals surface area contributed by atoms with E-state index in [0.717, 1.165) is 25.8 Å². The molecule has 0 aliphatic rings. The van der Waals surface area contributed by atoms with Crippen molar-refractivity contribution in [3.05, 3.63) is 0 Å². The fourth-order valence-corrected chi connectivity index (χ4v) is 2.80. The van der Waals surface area contributed by atoms with E-state index in [-0.39, 0.29) is 29.9 Å². The summed E-state index contributed by atoms with van der Waals surface area (Å²) < 4.78 is 0. The highest BCUT2D eigenvalue weighted by Gasteiger charge is 2.18. The Morgan fingerprint density at radius 3 is 1.85 bits per heavy atom. The highest BCUT2D eigenvalue weighted by atomic mass is 16.2. The molecule has 160 valence electrons. The highest BCUT2D eigenvalue weighted by Crippen LogP contribution is 1.99. The molecule has 0 unspecified atom stereocenters. The number of carbonyl (C=O) groups excluding carboxylic acids is 2. The molecule has 27 heavy (non-hydrogen) atoms. The first kappa shape index (κ1) is 25.7. The molecule has 0 saturated heterocycles. The molecule has 0 spiro atoms. The Labute approximate surface area is 164 Å². The summed E-state index contributed by atoms with van der Waals surface area (Å²) in [4.78, 5) is 24.4. The quantitative estimate of drug-likeness (QED) is 0.144. The first-order chi connectivity index (χ1) is 13.0. The Kier molecular flexibility index (Phi) is 16.1. The molecule has 2 amide bonds. The summed E-state index contributed by atoms with van der Waals surface area (Å²) in [5.74, 6) is -0.0308. The first-order valence-electron chi connectivity index (χ1n) is 9.90. The largest absolute Gasteiger partial charge is 0.355 e. The summed E-state index contributed by atoms with van der Waals surface area (Å²) in [6.07, 6.45) is 3.47. The van der Waals surface area contributed by atoms with Crippen LogP contribution < -0.4 is 37.2 Å². The molecule has 0 heterocycles. The van der Waals surface area contributed by atoms with Crippen molar-refractivity contribution in [1.29, 1.82) is 0 Å². The van der Waals surface area contributed by atoms with E-state index in [9.17, 15) is 9.59 Å². The molecule has 0 aromatic carbocycles. The molecule has 0 saturated carbocycles. The zero-order valence-corrected chi connectivity index (χ0v) is 17.7. The van der Waals surface area contributed by atoms with Crippen molar-refractivity contribution < 1.29 is 9.59 Å². The molecule has 3 atom stereocenters. The Bertz CT molecular complexity index is 396. The van der Waals surface area contributed by atoms with E-state index >= 15 is 0 Å². The predicted octanol–water partition coefficient (Wildman–Crippen LogP) is -2.02. The molecule has 9 nitrogen and oxygen atoms in total. The lowest BCUT2D eigenvalue weighted by Gasteiger charge is -2.20. The second-order valence-electron chi connectivity index (χ2n) is 6.65. The molecule has 0 aromatic rings. The van der Waals surface area contributed by atoms with Crippen LogP contribution >= 0.6 is 0 Å². The number of hydrogen-bond acceptors (Lipinski definition) is 7. The van der Waals surface area contributed by atoms with Crippen molar-refractivity contribution in [2.24, 2.45) is 0 Å². The SMILES string of the molecule is CNCCC[C@@H](CNC(=O)[C@H](CCCNC(=O)[C@H](CNC)NC)NC)NC. The third kappa shape index (κ3) is 11.9. The lowest BCUT2D eigenvalue weighted by molar-refractivity contribution is -0.123. The highest BCUT2D eigenvalue weighted by molar-refractivity contribution is 5.82. The Balaban J connectivity index is 4.13. The van der Waals surface area contributed by atoms with Crippen molar-refractivity contribution >= 4 is 11.8 Å². The molecule has 0 rings (SSSR count). The van der Waals surface area contributed by atoms with Gasteiger partial charge in [0, 0.05) is 25.7 Å². The Morgan fingerprint density at radius 1 is 0.667 bits per heavy atom. The Morgan fingerprint density at radius 2 is 1.30 bits per heavy atom. The summed E-state index contributed by atoms with van der Waals surface area (Å²) in [6.45, 7) is 2.71. The van der Waals surface area contributed by atoms with Crippen LogP contribution in [0.1, 0.15) is 25.7 Å². The molecule has 0 fully saturated rings. The standard InChI is InChI=1S/C18H41N7O2/c1-19-10-6-8-14(21-3)12-25-17(26)15(22-4)9-7-11-24-18(27)16(23-5)13-20-2/h14-16,19-23H,6-13H2,1-5H3,(H,24,27)(H,25,26)/t14-,15-,16-/m0/s1. The van der Waals surface area contributed by atoms with Gasteiger partial charge in [0.25, 0.3) is 0 Å². The van der Waals surface area contributed by atoms with Gasteiger partial charge in [0.15, 0.2) is 0 Å². The average molecular weight is 388 g/mol. The zero-order chi connectivity index (χ0) is 20.5. The average Bonchev–Trinajstić information content (AvgIpc) is 2.68. The summed E-state index contributed by atoms with van der Waals surface area (Å²) in [5, 5.41) is 21.3. The topological polar surface area (TPSA) is 118 Å². The summed E-state index contributed by atoms with van der Waals surface area (Å²) in [5.41, 5.74) is 0. The number of carbonyl (C=O) groups is 2. The van der Waals surface area contributed by atoms with Crippen molar-refractivity contribution in [1.82, 2.24) is 37.2 Å². The second kappa shape index (κ2) is 16.9. The third-order valence-corrected chi connectivity index (χ3v) is 4.62. The van der Waals surface area contributed by atoms with E-state index in [4.69, 9.17) is 0 Å². The van der Waals surface area contributed by atoms with Gasteiger partial charge in [0.1, 0.15) is 0 Å². The van der Waals surface area contributed by atoms with Gasteiger partial charge in [-0.15, -0.1) is 0 Å². The smallest absolute Gasteiger partial charge is 0.238 e. The monoisotopic (exact) mass is 387 g/mol. The number of nitrogens with one attached hydrogen (secondary N) is 7. The normalized spacial score (nSPS) is 14.4. The van der Waals surface area contributed by atoms with Gasteiger partial charge >= 0.3 is 0 Å². The molecular formula is C18H41N7O2. The van der Waals surface area contributed by atoms with E-state index in [1.807, 2.05) is 21.1 Å². The molecular weight excluding hydrogens is 346 g/mol. The number of likely N-dealkylation sites (N-methyl/N-ethyl adjacent to an activating group) is 4. The van der Waals surface area contributed by atoms with Gasteiger partial charge in [-0.3, -0.25) is 9.59 Å². The van der Waals surface area contributed by atoms with Crippen molar-refractivity contribution in [2.45, 2.75) is 43.8 Å². The zero-order valence-electron chi connectivity index (χ0n) is 17.7. The molecule has 0 aliphatic heterocycles. The van der Waals surface area contributed by atoms with Crippen LogP contribution in [0.25, 0.3) is 0 Å². The van der Waals surface area contributed by atoms with Gasteiger partial charge in [0.05, 0.1) is 12.1 Å². The maximum Gasteiger partial charge on any atom is 0.238 e. The van der Waals surface area contributed by atoms with Crippen LogP contribution in [-0.4, -0.2) is 91.4 Å². The minimum atomic E-state index is -0.255. The van der Waals surface area contributed by atoms with Crippen LogP contribution in [-0.2, 0) is 9.59 Å². The maximum absolute atomic E-state index is 12.4. The van der Waals surface area contributed by atoms with Gasteiger partial charge in [-0.25, -0.2) is 0 Å². The second-order valence-corrected chi connectivity index (χ2v) is 6.65. The minimum Gasteiger partial charge on any atom is -0.355 e. The summed E-state index contributed by atoms with van der Waals surface area (Å²) in [7, 11) is 9.22. The van der Waals surface area contributed by atoms with E-state index in [1.54, 1.807) is 14.1 Å². The van der Waals surface area contributed by atoms with Crippen LogP contribution in [0.2, 0.25) is 0 Å². The van der Waals surface area contributed by atoms with Crippen molar-refractivity contribution in [2.75, 3.05) is 61.4 Å². The molecule has 0 aliphatic carbocycles. The first-order valence-corrected chi connectivity index (χ1v) is 9.90. The molecule has 9 heteroatoms. The fourth-order valence-electron chi connectivity index (χ4n) is 2.80. The van der Waals surface area contributed by atoms with Crippen molar-refractivity contribution in [3.63, 3.8) is 0 Å². The van der Waals surface area contributed by atoms with E-state index in [0.29, 0.717) is 26.1 Å². The van der Waals surface area contributed by atoms with Gasteiger partial charge < -0.3 is 37.2 Å². The maximum atomic E-state index is 12.4. The third-order valence-electron chi connectivity index (χ3n) is 4.62. The number of amides is 2. The molecule has 7 N–H and O–H groups in total. The molecule has 0 bridgehead atoms. The van der Waals surface area contributed by atoms with Gasteiger partial charge in [0.2, 0.25) is 11.8 Å². The van der Waals surface area contributed by atoms with Crippen molar-refractivity contribution in [3.8, 4) is 0 Å². The Hall–Kier alpha value is -1.26. The van der Waals surface area contributed by atoms with Crippen LogP contribution in [0.5, 0.6) is 0 Å². The van der Waals surface area contributed by atoms with Crippen LogP contribution in [0.4, 0.5) is 0 Å². The van der Waals surface area contributed by atoms with Crippen LogP contribution in [0.15, 0.2) is 0 Å². The lowest BCUT2D eigenvalue weighted by Crippen LogP contribution is -2.49. The van der Waals surface area contributed by atoms with Gasteiger partial charge in [-0.05, 0) is 67.5 Å².